The SMILES string of the molecule is O=[PH](OCCC(F)(F)C(F)(F)C(F)(F)C(F)(F)F)OCCC(F)(F)C(F)(F)C(F)(F)C(F)(F)F. The van der Waals surface area contributed by atoms with Gasteiger partial charge in [-0.1, -0.05) is 0 Å². The summed E-state index contributed by atoms with van der Waals surface area (Å²) in [5.74, 6) is -41.1. The molecule has 0 saturated heterocycles. The summed E-state index contributed by atoms with van der Waals surface area (Å²) in [5, 5.41) is 0. The summed E-state index contributed by atoms with van der Waals surface area (Å²) in [6.07, 6.45) is -19.7. The lowest BCUT2D eigenvalue weighted by Gasteiger charge is -2.33. The molecule has 0 aliphatic rings. The minimum Gasteiger partial charge on any atom is -0.310 e. The van der Waals surface area contributed by atoms with Gasteiger partial charge in [0.1, 0.15) is 0 Å². The number of hydrogen-bond donors (Lipinski definition) is 0. The van der Waals surface area contributed by atoms with Gasteiger partial charge in [-0.15, -0.1) is 0 Å². The highest BCUT2D eigenvalue weighted by Gasteiger charge is 2.82. The van der Waals surface area contributed by atoms with Gasteiger partial charge in [0.05, 0.1) is 13.2 Å². The van der Waals surface area contributed by atoms with E-state index in [2.05, 4.69) is 9.05 Å². The number of rotatable bonds is 12. The zero-order valence-corrected chi connectivity index (χ0v) is 16.4. The van der Waals surface area contributed by atoms with E-state index in [0.29, 0.717) is 0 Å². The van der Waals surface area contributed by atoms with Crippen LogP contribution in [0, 0.1) is 0 Å². The molecule has 0 unspecified atom stereocenters. The van der Waals surface area contributed by atoms with Crippen LogP contribution in [-0.4, -0.2) is 61.1 Å². The van der Waals surface area contributed by atoms with E-state index < -0.39 is 82.2 Å². The van der Waals surface area contributed by atoms with Crippen LogP contribution in [0.5, 0.6) is 0 Å². The largest absolute Gasteiger partial charge is 0.460 e. The molecular weight excluding hydrogens is 565 g/mol. The molecule has 0 spiro atoms. The summed E-state index contributed by atoms with van der Waals surface area (Å²) in [6.45, 7) is -4.15. The van der Waals surface area contributed by atoms with E-state index in [0.717, 1.165) is 0 Å². The van der Waals surface area contributed by atoms with E-state index >= 15 is 0 Å². The third kappa shape index (κ3) is 6.17. The van der Waals surface area contributed by atoms with Gasteiger partial charge in [-0.05, 0) is 0 Å². The fraction of sp³-hybridized carbons (Fsp3) is 1.00. The van der Waals surface area contributed by atoms with Crippen LogP contribution in [0.25, 0.3) is 0 Å². The first-order valence-corrected chi connectivity index (χ1v) is 9.02. The average molecular weight is 574 g/mol. The van der Waals surface area contributed by atoms with E-state index in [9.17, 15) is 83.6 Å². The second kappa shape index (κ2) is 9.74. The van der Waals surface area contributed by atoms with Gasteiger partial charge in [-0.2, -0.15) is 79.0 Å². The number of hydrogen-bond acceptors (Lipinski definition) is 3. The Labute approximate surface area is 176 Å². The molecule has 0 heterocycles. The fourth-order valence-electron chi connectivity index (χ4n) is 1.70. The molecule has 0 saturated carbocycles. The molecule has 0 bridgehead atoms. The van der Waals surface area contributed by atoms with Crippen molar-refractivity contribution in [3.8, 4) is 0 Å². The van der Waals surface area contributed by atoms with E-state index in [1.165, 1.54) is 0 Å². The lowest BCUT2D eigenvalue weighted by atomic mass is 10.0. The highest BCUT2D eigenvalue weighted by molar-refractivity contribution is 7.33. The molecule has 0 aliphatic carbocycles. The third-order valence-corrected chi connectivity index (χ3v) is 4.57. The Balaban J connectivity index is 4.98. The molecule has 0 rings (SSSR count). The Morgan fingerprint density at radius 3 is 0.882 bits per heavy atom. The number of alkyl halides is 18. The summed E-state index contributed by atoms with van der Waals surface area (Å²) < 4.78 is 244. The van der Waals surface area contributed by atoms with E-state index in [-0.39, 0.29) is 0 Å². The molecule has 0 fully saturated rings. The van der Waals surface area contributed by atoms with Gasteiger partial charge in [0, 0.05) is 12.8 Å². The predicted octanol–water partition coefficient (Wildman–Crippen LogP) is 7.13. The maximum atomic E-state index is 13.1. The summed E-state index contributed by atoms with van der Waals surface area (Å²) >= 11 is 0. The molecule has 0 amide bonds. The quantitative estimate of drug-likeness (QED) is 0.184. The Morgan fingerprint density at radius 2 is 0.676 bits per heavy atom. The highest BCUT2D eigenvalue weighted by Crippen LogP contribution is 2.55. The van der Waals surface area contributed by atoms with Crippen LogP contribution in [0.15, 0.2) is 0 Å². The maximum Gasteiger partial charge on any atom is 0.460 e. The fourth-order valence-corrected chi connectivity index (χ4v) is 2.32. The highest BCUT2D eigenvalue weighted by atomic mass is 31.1. The van der Waals surface area contributed by atoms with Crippen LogP contribution in [0.2, 0.25) is 0 Å². The smallest absolute Gasteiger partial charge is 0.310 e. The van der Waals surface area contributed by atoms with Crippen molar-refractivity contribution in [3.63, 3.8) is 0 Å². The first-order chi connectivity index (χ1) is 14.6. The first kappa shape index (κ1) is 32.9. The Hall–Kier alpha value is -1.11. The van der Waals surface area contributed by atoms with Crippen molar-refractivity contribution < 1.29 is 92.6 Å². The zero-order valence-electron chi connectivity index (χ0n) is 15.4. The zero-order chi connectivity index (χ0) is 27.8. The molecule has 0 atom stereocenters. The van der Waals surface area contributed by atoms with Gasteiger partial charge in [-0.3, -0.25) is 4.57 Å². The third-order valence-electron chi connectivity index (χ3n) is 3.69. The van der Waals surface area contributed by atoms with Crippen molar-refractivity contribution in [1.82, 2.24) is 0 Å². The monoisotopic (exact) mass is 574 g/mol. The van der Waals surface area contributed by atoms with Gasteiger partial charge in [0.25, 0.3) is 0 Å². The normalized spacial score (nSPS) is 15.9. The second-order valence-electron chi connectivity index (χ2n) is 6.15. The standard InChI is InChI=1S/C12H9F18O3P/c13-5(14,7(17,18)9(21,22)11(25,26)27)1-3-32-34(31)33-4-2-6(15,16)8(19,20)10(23,24)12(28,29)30/h34H,1-4H2. The van der Waals surface area contributed by atoms with Gasteiger partial charge < -0.3 is 9.05 Å². The molecule has 0 radical (unpaired) electrons. The molecule has 34 heavy (non-hydrogen) atoms. The van der Waals surface area contributed by atoms with Crippen LogP contribution in [0.1, 0.15) is 12.8 Å². The second-order valence-corrected chi connectivity index (χ2v) is 7.23. The van der Waals surface area contributed by atoms with Crippen molar-refractivity contribution in [1.29, 1.82) is 0 Å². The molecule has 0 aliphatic heterocycles. The van der Waals surface area contributed by atoms with E-state index in [1.54, 1.807) is 0 Å². The molecule has 0 aromatic rings. The molecular formula is C12H9F18O3P. The van der Waals surface area contributed by atoms with E-state index in [1.807, 2.05) is 0 Å². The van der Waals surface area contributed by atoms with Crippen LogP contribution >= 0.6 is 8.25 Å². The lowest BCUT2D eigenvalue weighted by molar-refractivity contribution is -0.397. The van der Waals surface area contributed by atoms with Crippen molar-refractivity contribution >= 4 is 8.25 Å². The molecule has 22 heteroatoms. The molecule has 0 aromatic carbocycles. The Bertz CT molecular complexity index is 654. The topological polar surface area (TPSA) is 35.5 Å². The minimum atomic E-state index is -7.26. The minimum absolute atomic E-state index is 2.08. The van der Waals surface area contributed by atoms with Crippen LogP contribution in [0.3, 0.4) is 0 Å². The van der Waals surface area contributed by atoms with Crippen LogP contribution in [-0.2, 0) is 13.6 Å². The molecule has 206 valence electrons. The summed E-state index contributed by atoms with van der Waals surface area (Å²) in [4.78, 5) is 0. The lowest BCUT2D eigenvalue weighted by Crippen LogP contribution is -2.61. The maximum absolute atomic E-state index is 13.1. The molecule has 3 nitrogen and oxygen atoms in total. The Kier molecular flexibility index (Phi) is 9.42. The summed E-state index contributed by atoms with van der Waals surface area (Å²) in [7, 11) is -4.48. The van der Waals surface area contributed by atoms with Crippen molar-refractivity contribution in [2.24, 2.45) is 0 Å². The van der Waals surface area contributed by atoms with Crippen LogP contribution in [0.4, 0.5) is 79.0 Å². The number of halogens is 18. The van der Waals surface area contributed by atoms with E-state index in [4.69, 9.17) is 0 Å². The summed E-state index contributed by atoms with van der Waals surface area (Å²) in [6, 6.07) is 0. The molecule has 0 N–H and O–H groups in total. The molecule has 0 aromatic heterocycles. The van der Waals surface area contributed by atoms with Gasteiger partial charge >= 0.3 is 56.1 Å². The van der Waals surface area contributed by atoms with Crippen molar-refractivity contribution in [2.45, 2.75) is 60.7 Å². The van der Waals surface area contributed by atoms with Crippen LogP contribution < -0.4 is 0 Å². The van der Waals surface area contributed by atoms with Gasteiger partial charge in [-0.25, -0.2) is 0 Å². The Morgan fingerprint density at radius 1 is 0.441 bits per heavy atom. The van der Waals surface area contributed by atoms with Gasteiger partial charge in [0.15, 0.2) is 0 Å². The average Bonchev–Trinajstić information content (AvgIpc) is 2.58. The van der Waals surface area contributed by atoms with Gasteiger partial charge in [0.2, 0.25) is 0 Å². The predicted molar refractivity (Wildman–Crippen MR) is 71.9 cm³/mol. The van der Waals surface area contributed by atoms with Crippen molar-refractivity contribution in [2.75, 3.05) is 13.2 Å². The summed E-state index contributed by atoms with van der Waals surface area (Å²) in [5.41, 5.74) is 0. The van der Waals surface area contributed by atoms with Crippen molar-refractivity contribution in [3.05, 3.63) is 0 Å². The first-order valence-electron chi connectivity index (χ1n) is 7.80.